The number of hydrogen-bond acceptors (Lipinski definition) is 4. The predicted molar refractivity (Wildman–Crippen MR) is 62.8 cm³/mol. The number of carboxylic acid groups (broad SMARTS) is 1. The van der Waals surface area contributed by atoms with Gasteiger partial charge in [-0.2, -0.15) is 0 Å². The van der Waals surface area contributed by atoms with Crippen LogP contribution in [0, 0.1) is 0 Å². The summed E-state index contributed by atoms with van der Waals surface area (Å²) in [6.07, 6.45) is 1.51. The molecule has 1 heterocycles. The summed E-state index contributed by atoms with van der Waals surface area (Å²) in [5.74, 6) is -0.0736. The van der Waals surface area contributed by atoms with Crippen molar-refractivity contribution in [3.63, 3.8) is 0 Å². The van der Waals surface area contributed by atoms with E-state index >= 15 is 0 Å². The fraction of sp³-hybridized carbons (Fsp3) is 0.0909. The lowest BCUT2D eigenvalue weighted by Gasteiger charge is -2.08. The van der Waals surface area contributed by atoms with Crippen LogP contribution in [0.1, 0.15) is 0 Å². The molecule has 0 spiro atoms. The van der Waals surface area contributed by atoms with E-state index in [0.29, 0.717) is 17.1 Å². The van der Waals surface area contributed by atoms with E-state index in [4.69, 9.17) is 14.4 Å². The van der Waals surface area contributed by atoms with Crippen LogP contribution in [0.3, 0.4) is 0 Å². The third-order valence-corrected chi connectivity index (χ3v) is 2.49. The molecular weight excluding hydrogens is 290 g/mol. The Balaban J connectivity index is 2.34. The quantitative estimate of drug-likeness (QED) is 0.939. The molecule has 0 aliphatic heterocycles. The van der Waals surface area contributed by atoms with Crippen LogP contribution in [-0.4, -0.2) is 22.8 Å². The molecule has 17 heavy (non-hydrogen) atoms. The van der Waals surface area contributed by atoms with E-state index < -0.39 is 12.6 Å². The van der Waals surface area contributed by atoms with Gasteiger partial charge in [-0.3, -0.25) is 0 Å². The molecule has 0 radical (unpaired) electrons. The van der Waals surface area contributed by atoms with Crippen molar-refractivity contribution >= 4 is 21.9 Å². The molecule has 5 nitrogen and oxygen atoms in total. The highest BCUT2D eigenvalue weighted by Gasteiger charge is 2.11. The van der Waals surface area contributed by atoms with Crippen molar-refractivity contribution < 1.29 is 19.2 Å². The second-order valence-electron chi connectivity index (χ2n) is 3.20. The zero-order valence-corrected chi connectivity index (χ0v) is 10.2. The SMILES string of the molecule is O=C(O)COc1ccc(Br)cc1-c1ccno1. The first-order valence-electron chi connectivity index (χ1n) is 4.72. The van der Waals surface area contributed by atoms with Gasteiger partial charge in [-0.1, -0.05) is 21.1 Å². The maximum atomic E-state index is 10.5. The van der Waals surface area contributed by atoms with Gasteiger partial charge in [0.25, 0.3) is 0 Å². The van der Waals surface area contributed by atoms with Crippen LogP contribution in [0.2, 0.25) is 0 Å². The minimum atomic E-state index is -1.03. The normalized spacial score (nSPS) is 10.2. The van der Waals surface area contributed by atoms with Crippen LogP contribution in [0.25, 0.3) is 11.3 Å². The number of ether oxygens (including phenoxy) is 1. The molecule has 0 amide bonds. The molecule has 2 aromatic rings. The maximum absolute atomic E-state index is 10.5. The monoisotopic (exact) mass is 297 g/mol. The van der Waals surface area contributed by atoms with Crippen LogP contribution in [0.4, 0.5) is 0 Å². The Bertz CT molecular complexity index is 524. The van der Waals surface area contributed by atoms with E-state index in [9.17, 15) is 4.79 Å². The Labute approximate surface area is 105 Å². The van der Waals surface area contributed by atoms with Gasteiger partial charge in [-0.15, -0.1) is 0 Å². The lowest BCUT2D eigenvalue weighted by Crippen LogP contribution is -2.09. The number of carbonyl (C=O) groups is 1. The first-order valence-corrected chi connectivity index (χ1v) is 5.51. The van der Waals surface area contributed by atoms with Gasteiger partial charge >= 0.3 is 5.97 Å². The van der Waals surface area contributed by atoms with Gasteiger partial charge in [0.2, 0.25) is 0 Å². The molecule has 0 bridgehead atoms. The fourth-order valence-electron chi connectivity index (χ4n) is 1.31. The molecule has 1 aromatic carbocycles. The van der Waals surface area contributed by atoms with E-state index in [1.165, 1.54) is 6.20 Å². The van der Waals surface area contributed by atoms with Gasteiger partial charge in [-0.05, 0) is 18.2 Å². The number of aliphatic carboxylic acids is 1. The zero-order valence-electron chi connectivity index (χ0n) is 8.59. The van der Waals surface area contributed by atoms with Crippen LogP contribution in [0.15, 0.2) is 39.5 Å². The van der Waals surface area contributed by atoms with Crippen LogP contribution < -0.4 is 4.74 Å². The molecule has 0 atom stereocenters. The number of benzene rings is 1. The third-order valence-electron chi connectivity index (χ3n) is 2.00. The van der Waals surface area contributed by atoms with Crippen molar-refractivity contribution in [2.75, 3.05) is 6.61 Å². The number of rotatable bonds is 4. The molecule has 0 aliphatic carbocycles. The Morgan fingerprint density at radius 2 is 2.29 bits per heavy atom. The topological polar surface area (TPSA) is 72.6 Å². The van der Waals surface area contributed by atoms with Gasteiger partial charge in [-0.25, -0.2) is 4.79 Å². The lowest BCUT2D eigenvalue weighted by molar-refractivity contribution is -0.139. The van der Waals surface area contributed by atoms with Gasteiger partial charge in [0, 0.05) is 10.5 Å². The number of carboxylic acids is 1. The van der Waals surface area contributed by atoms with Crippen molar-refractivity contribution in [3.05, 3.63) is 34.9 Å². The average Bonchev–Trinajstić information content (AvgIpc) is 2.80. The van der Waals surface area contributed by atoms with Crippen LogP contribution >= 0.6 is 15.9 Å². The van der Waals surface area contributed by atoms with Crippen molar-refractivity contribution in [1.29, 1.82) is 0 Å². The molecule has 2 rings (SSSR count). The van der Waals surface area contributed by atoms with E-state index in [1.807, 2.05) is 0 Å². The number of halogens is 1. The van der Waals surface area contributed by atoms with Gasteiger partial charge in [0.1, 0.15) is 5.75 Å². The average molecular weight is 298 g/mol. The highest BCUT2D eigenvalue weighted by atomic mass is 79.9. The van der Waals surface area contributed by atoms with Crippen LogP contribution in [-0.2, 0) is 4.79 Å². The van der Waals surface area contributed by atoms with E-state index in [0.717, 1.165) is 4.47 Å². The summed E-state index contributed by atoms with van der Waals surface area (Å²) >= 11 is 3.33. The summed E-state index contributed by atoms with van der Waals surface area (Å²) in [5.41, 5.74) is 0.651. The minimum Gasteiger partial charge on any atom is -0.481 e. The first-order chi connectivity index (χ1) is 8.16. The highest BCUT2D eigenvalue weighted by molar-refractivity contribution is 9.10. The Kier molecular flexibility index (Phi) is 3.43. The van der Waals surface area contributed by atoms with Crippen molar-refractivity contribution in [3.8, 4) is 17.1 Å². The highest BCUT2D eigenvalue weighted by Crippen LogP contribution is 2.32. The van der Waals surface area contributed by atoms with E-state index in [-0.39, 0.29) is 0 Å². The smallest absolute Gasteiger partial charge is 0.341 e. The minimum absolute atomic E-state index is 0.400. The molecule has 0 saturated carbocycles. The van der Waals surface area contributed by atoms with Crippen molar-refractivity contribution in [2.24, 2.45) is 0 Å². The molecule has 0 unspecified atom stereocenters. The summed E-state index contributed by atoms with van der Waals surface area (Å²) in [6, 6.07) is 6.88. The predicted octanol–water partition coefficient (Wildman–Crippen LogP) is 2.57. The van der Waals surface area contributed by atoms with E-state index in [1.54, 1.807) is 24.3 Å². The van der Waals surface area contributed by atoms with Gasteiger partial charge in [0.15, 0.2) is 12.4 Å². The molecule has 0 fully saturated rings. The Morgan fingerprint density at radius 1 is 1.47 bits per heavy atom. The number of aromatic nitrogens is 1. The van der Waals surface area contributed by atoms with Gasteiger partial charge in [0.05, 0.1) is 11.8 Å². The molecule has 1 N–H and O–H groups in total. The third kappa shape index (κ3) is 2.85. The second-order valence-corrected chi connectivity index (χ2v) is 4.12. The second kappa shape index (κ2) is 5.01. The molecular formula is C11H8BrNO4. The number of nitrogens with zero attached hydrogens (tertiary/aromatic N) is 1. The molecule has 0 saturated heterocycles. The zero-order chi connectivity index (χ0) is 12.3. The summed E-state index contributed by atoms with van der Waals surface area (Å²) < 4.78 is 11.0. The van der Waals surface area contributed by atoms with Gasteiger partial charge < -0.3 is 14.4 Å². The summed E-state index contributed by atoms with van der Waals surface area (Å²) in [5, 5.41) is 12.2. The molecule has 0 aliphatic rings. The molecule has 88 valence electrons. The lowest BCUT2D eigenvalue weighted by atomic mass is 10.1. The fourth-order valence-corrected chi connectivity index (χ4v) is 1.68. The summed E-state index contributed by atoms with van der Waals surface area (Å²) in [6.45, 7) is -0.400. The first kappa shape index (κ1) is 11.7. The standard InChI is InChI=1S/C11H8BrNO4/c12-7-1-2-9(16-6-11(14)15)8(5-7)10-3-4-13-17-10/h1-5H,6H2,(H,14,15). The molecule has 6 heteroatoms. The molecule has 1 aromatic heterocycles. The van der Waals surface area contributed by atoms with Crippen LogP contribution in [0.5, 0.6) is 5.75 Å². The van der Waals surface area contributed by atoms with E-state index in [2.05, 4.69) is 21.1 Å². The maximum Gasteiger partial charge on any atom is 0.341 e. The number of hydrogen-bond donors (Lipinski definition) is 1. The summed E-state index contributed by atoms with van der Waals surface area (Å²) in [7, 11) is 0. The Morgan fingerprint density at radius 3 is 2.94 bits per heavy atom. The van der Waals surface area contributed by atoms with Crippen molar-refractivity contribution in [2.45, 2.75) is 0 Å². The Hall–Kier alpha value is -1.82. The largest absolute Gasteiger partial charge is 0.481 e. The van der Waals surface area contributed by atoms with Crippen molar-refractivity contribution in [1.82, 2.24) is 5.16 Å². The summed E-state index contributed by atoms with van der Waals surface area (Å²) in [4.78, 5) is 10.5.